The molecule has 2 aliphatic rings. The van der Waals surface area contributed by atoms with Gasteiger partial charge in [-0.2, -0.15) is 0 Å². The zero-order valence-corrected chi connectivity index (χ0v) is 11.5. The van der Waals surface area contributed by atoms with Crippen LogP contribution in [0.15, 0.2) is 0 Å². The largest absolute Gasteiger partial charge is 0.371 e. The van der Waals surface area contributed by atoms with Crippen molar-refractivity contribution in [1.29, 1.82) is 0 Å². The first kappa shape index (κ1) is 13.8. The molecule has 0 aromatic rings. The minimum Gasteiger partial charge on any atom is -0.371 e. The van der Waals surface area contributed by atoms with Gasteiger partial charge < -0.3 is 15.0 Å². The summed E-state index contributed by atoms with van der Waals surface area (Å²) in [7, 11) is 0. The van der Waals surface area contributed by atoms with Crippen molar-refractivity contribution in [1.82, 2.24) is 10.2 Å². The summed E-state index contributed by atoms with van der Waals surface area (Å²) >= 11 is 0. The van der Waals surface area contributed by atoms with Crippen LogP contribution >= 0.6 is 0 Å². The summed E-state index contributed by atoms with van der Waals surface area (Å²) < 4.78 is 5.58. The van der Waals surface area contributed by atoms with Gasteiger partial charge in [-0.05, 0) is 44.1 Å². The van der Waals surface area contributed by atoms with Gasteiger partial charge in [0.05, 0.1) is 6.61 Å². The molecule has 2 saturated heterocycles. The Kier molecular flexibility index (Phi) is 5.45. The van der Waals surface area contributed by atoms with Crippen LogP contribution in [0, 0.1) is 11.8 Å². The van der Waals surface area contributed by atoms with Crippen LogP contribution in [-0.4, -0.2) is 50.2 Å². The molecule has 4 heteroatoms. The second-order valence-electron chi connectivity index (χ2n) is 5.79. The first-order valence-electron chi connectivity index (χ1n) is 7.32. The lowest BCUT2D eigenvalue weighted by molar-refractivity contribution is -0.138. The fraction of sp³-hybridized carbons (Fsp3) is 0.929. The van der Waals surface area contributed by atoms with E-state index in [1.165, 1.54) is 12.8 Å². The van der Waals surface area contributed by atoms with Gasteiger partial charge in [0.15, 0.2) is 0 Å². The molecule has 0 aromatic carbocycles. The van der Waals surface area contributed by atoms with Crippen molar-refractivity contribution in [3.8, 4) is 0 Å². The maximum Gasteiger partial charge on any atom is 0.248 e. The van der Waals surface area contributed by atoms with E-state index in [9.17, 15) is 4.79 Å². The van der Waals surface area contributed by atoms with E-state index in [-0.39, 0.29) is 12.5 Å². The van der Waals surface area contributed by atoms with Crippen molar-refractivity contribution in [2.75, 3.05) is 39.4 Å². The molecule has 0 saturated carbocycles. The van der Waals surface area contributed by atoms with Gasteiger partial charge in [-0.15, -0.1) is 0 Å². The number of nitrogens with zero attached hydrogens (tertiary/aromatic N) is 1. The summed E-state index contributed by atoms with van der Waals surface area (Å²) in [6, 6.07) is 0. The van der Waals surface area contributed by atoms with Gasteiger partial charge in [-0.3, -0.25) is 4.79 Å². The predicted octanol–water partition coefficient (Wildman–Crippen LogP) is 1.26. The minimum absolute atomic E-state index is 0.172. The number of hydrogen-bond acceptors (Lipinski definition) is 3. The Morgan fingerprint density at radius 2 is 2.11 bits per heavy atom. The Morgan fingerprint density at radius 1 is 1.33 bits per heavy atom. The highest BCUT2D eigenvalue weighted by molar-refractivity contribution is 5.77. The van der Waals surface area contributed by atoms with E-state index in [0.29, 0.717) is 5.92 Å². The number of ether oxygens (including phenoxy) is 1. The first-order chi connectivity index (χ1) is 8.75. The van der Waals surface area contributed by atoms with Gasteiger partial charge in [-0.25, -0.2) is 0 Å². The van der Waals surface area contributed by atoms with E-state index in [1.54, 1.807) is 0 Å². The number of rotatable bonds is 4. The summed E-state index contributed by atoms with van der Waals surface area (Å²) in [5.74, 6) is 1.53. The highest BCUT2D eigenvalue weighted by Gasteiger charge is 2.20. The number of carbonyl (C=O) groups excluding carboxylic acids is 1. The van der Waals surface area contributed by atoms with E-state index in [1.807, 2.05) is 4.90 Å². The molecule has 104 valence electrons. The van der Waals surface area contributed by atoms with Gasteiger partial charge in [0.25, 0.3) is 0 Å². The SMILES string of the molecule is CC1CCN(C(=O)COCC2CCCNC2)CC1. The summed E-state index contributed by atoms with van der Waals surface area (Å²) in [5.41, 5.74) is 0. The summed E-state index contributed by atoms with van der Waals surface area (Å²) in [6.07, 6.45) is 4.73. The Balaban J connectivity index is 1.59. The topological polar surface area (TPSA) is 41.6 Å². The molecular formula is C14H26N2O2. The fourth-order valence-corrected chi connectivity index (χ4v) is 2.73. The Morgan fingerprint density at radius 3 is 2.78 bits per heavy atom. The summed E-state index contributed by atoms with van der Waals surface area (Å²) in [5, 5.41) is 3.37. The molecule has 0 radical (unpaired) electrons. The van der Waals surface area contributed by atoms with Crippen molar-refractivity contribution in [2.45, 2.75) is 32.6 Å². The molecular weight excluding hydrogens is 228 g/mol. The lowest BCUT2D eigenvalue weighted by Gasteiger charge is -2.30. The zero-order valence-electron chi connectivity index (χ0n) is 11.5. The number of hydrogen-bond donors (Lipinski definition) is 1. The Hall–Kier alpha value is -0.610. The molecule has 2 heterocycles. The van der Waals surface area contributed by atoms with Crippen molar-refractivity contribution in [3.63, 3.8) is 0 Å². The predicted molar refractivity (Wildman–Crippen MR) is 71.4 cm³/mol. The second-order valence-corrected chi connectivity index (χ2v) is 5.79. The molecule has 1 N–H and O–H groups in total. The average Bonchev–Trinajstić information content (AvgIpc) is 2.40. The molecule has 1 unspecified atom stereocenters. The summed E-state index contributed by atoms with van der Waals surface area (Å²) in [6.45, 7) is 7.24. The van der Waals surface area contributed by atoms with Crippen LogP contribution in [0.4, 0.5) is 0 Å². The van der Waals surface area contributed by atoms with Crippen LogP contribution in [0.1, 0.15) is 32.6 Å². The van der Waals surface area contributed by atoms with Crippen LogP contribution in [0.2, 0.25) is 0 Å². The van der Waals surface area contributed by atoms with Crippen molar-refractivity contribution in [3.05, 3.63) is 0 Å². The number of carbonyl (C=O) groups is 1. The standard InChI is InChI=1S/C14H26N2O2/c1-12-4-7-16(8-5-12)14(17)11-18-10-13-3-2-6-15-9-13/h12-13,15H,2-11H2,1H3. The van der Waals surface area contributed by atoms with Crippen LogP contribution in [0.5, 0.6) is 0 Å². The fourth-order valence-electron chi connectivity index (χ4n) is 2.73. The van der Waals surface area contributed by atoms with Crippen molar-refractivity contribution >= 4 is 5.91 Å². The third-order valence-corrected chi connectivity index (χ3v) is 4.11. The molecule has 1 atom stereocenters. The van der Waals surface area contributed by atoms with Crippen molar-refractivity contribution in [2.24, 2.45) is 11.8 Å². The molecule has 2 aliphatic heterocycles. The molecule has 0 aliphatic carbocycles. The number of piperidine rings is 2. The third-order valence-electron chi connectivity index (χ3n) is 4.11. The second kappa shape index (κ2) is 7.10. The monoisotopic (exact) mass is 254 g/mol. The highest BCUT2D eigenvalue weighted by atomic mass is 16.5. The lowest BCUT2D eigenvalue weighted by Crippen LogP contribution is -2.40. The van der Waals surface area contributed by atoms with E-state index >= 15 is 0 Å². The quantitative estimate of drug-likeness (QED) is 0.821. The normalized spacial score (nSPS) is 26.3. The minimum atomic E-state index is 0.172. The number of likely N-dealkylation sites (tertiary alicyclic amines) is 1. The molecule has 0 bridgehead atoms. The molecule has 2 fully saturated rings. The van der Waals surface area contributed by atoms with Crippen LogP contribution in [0.3, 0.4) is 0 Å². The molecule has 0 spiro atoms. The highest BCUT2D eigenvalue weighted by Crippen LogP contribution is 2.16. The summed E-state index contributed by atoms with van der Waals surface area (Å²) in [4.78, 5) is 13.9. The van der Waals surface area contributed by atoms with Gasteiger partial charge in [-0.1, -0.05) is 6.92 Å². The van der Waals surface area contributed by atoms with E-state index < -0.39 is 0 Å². The number of nitrogens with one attached hydrogen (secondary N) is 1. The number of amides is 1. The molecule has 18 heavy (non-hydrogen) atoms. The van der Waals surface area contributed by atoms with Gasteiger partial charge in [0.1, 0.15) is 6.61 Å². The van der Waals surface area contributed by atoms with E-state index in [2.05, 4.69) is 12.2 Å². The maximum absolute atomic E-state index is 11.9. The molecule has 1 amide bonds. The average molecular weight is 254 g/mol. The smallest absolute Gasteiger partial charge is 0.248 e. The van der Waals surface area contributed by atoms with E-state index in [4.69, 9.17) is 4.74 Å². The van der Waals surface area contributed by atoms with Crippen molar-refractivity contribution < 1.29 is 9.53 Å². The van der Waals surface area contributed by atoms with Crippen LogP contribution in [0.25, 0.3) is 0 Å². The van der Waals surface area contributed by atoms with Gasteiger partial charge in [0, 0.05) is 19.6 Å². The van der Waals surface area contributed by atoms with Gasteiger partial charge in [0.2, 0.25) is 5.91 Å². The maximum atomic E-state index is 11.9. The van der Waals surface area contributed by atoms with Gasteiger partial charge >= 0.3 is 0 Å². The zero-order chi connectivity index (χ0) is 12.8. The Bertz CT molecular complexity index is 257. The third kappa shape index (κ3) is 4.25. The molecule has 2 rings (SSSR count). The van der Waals surface area contributed by atoms with Crippen LogP contribution < -0.4 is 5.32 Å². The van der Waals surface area contributed by atoms with Crippen LogP contribution in [-0.2, 0) is 9.53 Å². The lowest BCUT2D eigenvalue weighted by atomic mass is 9.99. The van der Waals surface area contributed by atoms with E-state index in [0.717, 1.165) is 51.5 Å². The first-order valence-corrected chi connectivity index (χ1v) is 7.32. The molecule has 0 aromatic heterocycles. The Labute approximate surface area is 110 Å². The molecule has 4 nitrogen and oxygen atoms in total.